The highest BCUT2D eigenvalue weighted by molar-refractivity contribution is 7.24. The van der Waals surface area contributed by atoms with Crippen molar-refractivity contribution in [2.24, 2.45) is 0 Å². The molecule has 0 aliphatic rings. The second-order valence-electron chi connectivity index (χ2n) is 15.1. The van der Waals surface area contributed by atoms with Gasteiger partial charge in [0.2, 0.25) is 0 Å². The third kappa shape index (κ3) is 11.6. The zero-order chi connectivity index (χ0) is 42.2. The number of aliphatic hydroxyl groups is 2. The molecule has 0 spiro atoms. The summed E-state index contributed by atoms with van der Waals surface area (Å²) >= 11 is 3.01. The molecule has 4 aromatic carbocycles. The average molecular weight is 845 g/mol. The van der Waals surface area contributed by atoms with Crippen molar-refractivity contribution in [3.63, 3.8) is 0 Å². The first-order valence-corrected chi connectivity index (χ1v) is 21.0. The first-order valence-electron chi connectivity index (χ1n) is 19.3. The number of rotatable bonds is 20. The van der Waals surface area contributed by atoms with E-state index in [0.717, 1.165) is 18.8 Å². The van der Waals surface area contributed by atoms with E-state index in [4.69, 9.17) is 28.4 Å². The van der Waals surface area contributed by atoms with Crippen LogP contribution in [0.4, 0.5) is 0 Å². The minimum atomic E-state index is -1.08. The Labute approximate surface area is 348 Å². The second-order valence-corrected chi connectivity index (χ2v) is 17.3. The van der Waals surface area contributed by atoms with Crippen molar-refractivity contribution in [2.45, 2.75) is 70.4 Å². The van der Waals surface area contributed by atoms with Gasteiger partial charge < -0.3 is 38.6 Å². The van der Waals surface area contributed by atoms with Crippen molar-refractivity contribution >= 4 is 75.0 Å². The Balaban J connectivity index is 0.864. The number of fused-ring (bicyclic) bond motifs is 4. The van der Waals surface area contributed by atoms with Crippen LogP contribution >= 0.6 is 22.7 Å². The van der Waals surface area contributed by atoms with Gasteiger partial charge in [-0.1, -0.05) is 31.2 Å². The summed E-state index contributed by atoms with van der Waals surface area (Å²) in [5.41, 5.74) is -1.63. The summed E-state index contributed by atoms with van der Waals surface area (Å²) in [4.78, 5) is 50.8. The molecule has 6 aromatic rings. The van der Waals surface area contributed by atoms with Crippen LogP contribution in [0.2, 0.25) is 0 Å². The van der Waals surface area contributed by atoms with Gasteiger partial charge in [-0.05, 0) is 94.3 Å². The monoisotopic (exact) mass is 844 g/mol. The van der Waals surface area contributed by atoms with Crippen molar-refractivity contribution in [1.29, 1.82) is 0 Å². The van der Waals surface area contributed by atoms with Crippen LogP contribution in [0.5, 0.6) is 11.5 Å². The molecule has 0 aliphatic carbocycles. The summed E-state index contributed by atoms with van der Waals surface area (Å²) < 4.78 is 37.2. The fourth-order valence-corrected chi connectivity index (χ4v) is 8.52. The zero-order valence-electron chi connectivity index (χ0n) is 33.4. The van der Waals surface area contributed by atoms with E-state index in [0.29, 0.717) is 45.9 Å². The molecular formula is C45H48O12S2. The molecule has 6 rings (SSSR count). The van der Waals surface area contributed by atoms with Crippen LogP contribution in [0.15, 0.2) is 94.5 Å². The molecule has 12 nitrogen and oxygen atoms in total. The third-order valence-electron chi connectivity index (χ3n) is 9.90. The molecule has 312 valence electrons. The topological polar surface area (TPSA) is 164 Å². The SMILES string of the molecule is CCC(C)(CCOC(C)(C)CC(O)COC(=O)COc1ccc2sc3ccccc3c(=O)c2c1)OCC(O)COC(=O)COc1ccc2sc3ccccc3c(=O)c2c1. The molecule has 2 heterocycles. The van der Waals surface area contributed by atoms with Crippen molar-refractivity contribution < 1.29 is 48.2 Å². The minimum absolute atomic E-state index is 0.0834. The fourth-order valence-electron chi connectivity index (χ4n) is 6.42. The second kappa shape index (κ2) is 19.4. The van der Waals surface area contributed by atoms with Crippen LogP contribution in [0.1, 0.15) is 47.0 Å². The van der Waals surface area contributed by atoms with Gasteiger partial charge in [-0.3, -0.25) is 9.59 Å². The normalized spacial score (nSPS) is 13.9. The Kier molecular flexibility index (Phi) is 14.3. The van der Waals surface area contributed by atoms with Gasteiger partial charge in [0.05, 0.1) is 30.5 Å². The third-order valence-corrected chi connectivity index (χ3v) is 12.2. The maximum atomic E-state index is 13.0. The van der Waals surface area contributed by atoms with E-state index in [-0.39, 0.29) is 50.3 Å². The number of aliphatic hydroxyl groups excluding tert-OH is 2. The number of benzene rings is 4. The van der Waals surface area contributed by atoms with E-state index in [2.05, 4.69) is 0 Å². The van der Waals surface area contributed by atoms with Gasteiger partial charge in [-0.25, -0.2) is 9.59 Å². The molecule has 0 saturated carbocycles. The van der Waals surface area contributed by atoms with Gasteiger partial charge in [0.15, 0.2) is 24.1 Å². The Bertz CT molecular complexity index is 2550. The number of carbonyl (C=O) groups excluding carboxylic acids is 2. The average Bonchev–Trinajstić information content (AvgIpc) is 3.23. The lowest BCUT2D eigenvalue weighted by Crippen LogP contribution is -2.37. The van der Waals surface area contributed by atoms with E-state index in [1.165, 1.54) is 22.7 Å². The Morgan fingerprint density at radius 2 is 1.10 bits per heavy atom. The molecular weight excluding hydrogens is 797 g/mol. The minimum Gasteiger partial charge on any atom is -0.482 e. The predicted octanol–water partition coefficient (Wildman–Crippen LogP) is 7.17. The fraction of sp³-hybridized carbons (Fsp3) is 0.378. The maximum absolute atomic E-state index is 13.0. The molecule has 3 unspecified atom stereocenters. The number of hydrogen-bond acceptors (Lipinski definition) is 14. The van der Waals surface area contributed by atoms with E-state index in [9.17, 15) is 29.4 Å². The van der Waals surface area contributed by atoms with Crippen LogP contribution in [0, 0.1) is 0 Å². The molecule has 0 bridgehead atoms. The summed E-state index contributed by atoms with van der Waals surface area (Å²) in [7, 11) is 0. The molecule has 2 aromatic heterocycles. The van der Waals surface area contributed by atoms with Gasteiger partial charge >= 0.3 is 11.9 Å². The lowest BCUT2D eigenvalue weighted by atomic mass is 9.98. The highest BCUT2D eigenvalue weighted by Crippen LogP contribution is 2.29. The predicted molar refractivity (Wildman–Crippen MR) is 230 cm³/mol. The van der Waals surface area contributed by atoms with Crippen molar-refractivity contribution in [3.05, 3.63) is 105 Å². The summed E-state index contributed by atoms with van der Waals surface area (Å²) in [6.45, 7) is 6.37. The maximum Gasteiger partial charge on any atom is 0.344 e. The van der Waals surface area contributed by atoms with E-state index >= 15 is 0 Å². The largest absolute Gasteiger partial charge is 0.482 e. The smallest absolute Gasteiger partial charge is 0.344 e. The molecule has 2 N–H and O–H groups in total. The van der Waals surface area contributed by atoms with Crippen LogP contribution in [0.3, 0.4) is 0 Å². The summed E-state index contributed by atoms with van der Waals surface area (Å²) in [5, 5.41) is 23.4. The Morgan fingerprint density at radius 1 is 0.627 bits per heavy atom. The van der Waals surface area contributed by atoms with Gasteiger partial charge in [0, 0.05) is 46.8 Å². The molecule has 0 aliphatic heterocycles. The Hall–Kier alpha value is -4.96. The van der Waals surface area contributed by atoms with Crippen LogP contribution in [-0.2, 0) is 28.5 Å². The van der Waals surface area contributed by atoms with Crippen LogP contribution < -0.4 is 20.3 Å². The molecule has 3 atom stereocenters. The van der Waals surface area contributed by atoms with Crippen molar-refractivity contribution in [2.75, 3.05) is 39.6 Å². The number of ether oxygens (including phenoxy) is 6. The summed E-state index contributed by atoms with van der Waals surface area (Å²) in [5.74, 6) is -0.624. The molecule has 0 amide bonds. The van der Waals surface area contributed by atoms with Gasteiger partial charge in [-0.15, -0.1) is 22.7 Å². The number of esters is 2. The van der Waals surface area contributed by atoms with Crippen molar-refractivity contribution in [3.8, 4) is 11.5 Å². The lowest BCUT2D eigenvalue weighted by molar-refractivity contribution is -0.154. The Morgan fingerprint density at radius 3 is 1.61 bits per heavy atom. The van der Waals surface area contributed by atoms with Gasteiger partial charge in [0.1, 0.15) is 30.8 Å². The van der Waals surface area contributed by atoms with E-state index in [1.807, 2.05) is 64.1 Å². The van der Waals surface area contributed by atoms with Gasteiger partial charge in [0.25, 0.3) is 0 Å². The van der Waals surface area contributed by atoms with Crippen LogP contribution in [0.25, 0.3) is 40.3 Å². The summed E-state index contributed by atoms with van der Waals surface area (Å²) in [6.07, 6.45) is -0.807. The molecule has 0 saturated heterocycles. The quantitative estimate of drug-likeness (QED) is 0.0589. The zero-order valence-corrected chi connectivity index (χ0v) is 35.0. The molecule has 0 radical (unpaired) electrons. The van der Waals surface area contributed by atoms with Crippen molar-refractivity contribution in [1.82, 2.24) is 0 Å². The van der Waals surface area contributed by atoms with E-state index in [1.54, 1.807) is 48.5 Å². The van der Waals surface area contributed by atoms with E-state index < -0.39 is 42.0 Å². The highest BCUT2D eigenvalue weighted by atomic mass is 32.1. The van der Waals surface area contributed by atoms with Crippen LogP contribution in [-0.4, -0.2) is 85.2 Å². The number of hydrogen-bond donors (Lipinski definition) is 2. The standard InChI is InChI=1S/C45H48O12S2/c1-5-45(4,57-25-29(47)24-55-41(49)27-53-31-15-17-39-35(21-31)43(51)33-11-7-9-13-37(33)59-39)18-19-56-44(2,3)22-28(46)23-54-40(48)26-52-30-14-16-38-34(20-30)42(50)32-10-6-8-12-36(32)58-38/h6-17,20-21,28-29,46-47H,5,18-19,22-27H2,1-4H3. The molecule has 0 fully saturated rings. The first-order chi connectivity index (χ1) is 28.2. The van der Waals surface area contributed by atoms with Gasteiger partial charge in [-0.2, -0.15) is 0 Å². The first kappa shape index (κ1) is 43.6. The molecule has 59 heavy (non-hydrogen) atoms. The lowest BCUT2D eigenvalue weighted by Gasteiger charge is -2.33. The highest BCUT2D eigenvalue weighted by Gasteiger charge is 2.28. The summed E-state index contributed by atoms with van der Waals surface area (Å²) in [6, 6.07) is 25.0. The number of carbonyl (C=O) groups is 2. The molecule has 14 heteroatoms.